The molecule has 3 aromatic heterocycles. The highest BCUT2D eigenvalue weighted by Gasteiger charge is 2.31. The number of hydrogen-bond donors (Lipinski definition) is 1. The Labute approximate surface area is 201 Å². The van der Waals surface area contributed by atoms with E-state index in [1.807, 2.05) is 0 Å². The third-order valence-electron chi connectivity index (χ3n) is 5.25. The van der Waals surface area contributed by atoms with Crippen LogP contribution in [0.25, 0.3) is 11.0 Å². The number of hydrogen-bond acceptors (Lipinski definition) is 7. The number of carbonyl (C=O) groups excluding carboxylic acids is 1. The molecule has 0 fully saturated rings. The highest BCUT2D eigenvalue weighted by Crippen LogP contribution is 2.32. The first-order valence-corrected chi connectivity index (χ1v) is 10.7. The van der Waals surface area contributed by atoms with Gasteiger partial charge in [-0.15, -0.1) is 0 Å². The van der Waals surface area contributed by atoms with Crippen LogP contribution in [0.2, 0.25) is 0 Å². The van der Waals surface area contributed by atoms with Gasteiger partial charge in [-0.1, -0.05) is 5.16 Å². The first kappa shape index (κ1) is 23.1. The second-order valence-electron chi connectivity index (χ2n) is 7.80. The molecular formula is C24H18F3N5O4. The summed E-state index contributed by atoms with van der Waals surface area (Å²) in [6.07, 6.45) is -3.04. The fourth-order valence-corrected chi connectivity index (χ4v) is 3.54. The Balaban J connectivity index is 1.37. The number of ether oxygens (including phenoxy) is 1. The molecule has 2 aromatic carbocycles. The molecule has 1 amide bonds. The summed E-state index contributed by atoms with van der Waals surface area (Å²) < 4.78 is 57.0. The quantitative estimate of drug-likeness (QED) is 0.328. The zero-order valence-electron chi connectivity index (χ0n) is 18.7. The molecule has 0 aliphatic heterocycles. The van der Waals surface area contributed by atoms with Crippen LogP contribution in [0.15, 0.2) is 69.8 Å². The molecule has 1 N–H and O–H groups in total. The van der Waals surface area contributed by atoms with E-state index in [4.69, 9.17) is 13.7 Å². The number of anilines is 1. The topological polar surface area (TPSA) is 108 Å². The third kappa shape index (κ3) is 4.92. The Morgan fingerprint density at radius 2 is 1.92 bits per heavy atom. The molecule has 0 bridgehead atoms. The Hall–Kier alpha value is -4.61. The Morgan fingerprint density at radius 1 is 1.11 bits per heavy atom. The first-order valence-electron chi connectivity index (χ1n) is 10.7. The summed E-state index contributed by atoms with van der Waals surface area (Å²) in [5, 5.41) is 6.43. The maximum Gasteiger partial charge on any atom is 0.416 e. The fourth-order valence-electron chi connectivity index (χ4n) is 3.54. The minimum Gasteiger partial charge on any atom is -0.485 e. The molecule has 9 nitrogen and oxygen atoms in total. The number of rotatable bonds is 7. The standard InChI is InChI=1S/C24H18F3N5O4/c1-14-28-21(31-36-14)13-35-17-7-4-15(5-8-17)22(33)30-23-29-19-11-16(24(25,26)27)6-9-20(19)32(23)12-18-3-2-10-34-18/h2-11H,12-13H2,1H3,(H,29,30,33). The summed E-state index contributed by atoms with van der Waals surface area (Å²) in [4.78, 5) is 21.2. The number of benzene rings is 2. The number of carbonyl (C=O) groups is 1. The van der Waals surface area contributed by atoms with Gasteiger partial charge in [-0.25, -0.2) is 4.98 Å². The second kappa shape index (κ2) is 9.21. The average molecular weight is 497 g/mol. The van der Waals surface area contributed by atoms with Crippen molar-refractivity contribution >= 4 is 22.9 Å². The predicted octanol–water partition coefficient (Wildman–Crippen LogP) is 5.22. The molecule has 12 heteroatoms. The van der Waals surface area contributed by atoms with Crippen LogP contribution < -0.4 is 10.1 Å². The van der Waals surface area contributed by atoms with Crippen molar-refractivity contribution in [1.82, 2.24) is 19.7 Å². The average Bonchev–Trinajstić information content (AvgIpc) is 3.59. The largest absolute Gasteiger partial charge is 0.485 e. The number of furan rings is 1. The van der Waals surface area contributed by atoms with Crippen molar-refractivity contribution in [2.75, 3.05) is 5.32 Å². The van der Waals surface area contributed by atoms with Gasteiger partial charge in [0, 0.05) is 12.5 Å². The van der Waals surface area contributed by atoms with Crippen LogP contribution in [0.1, 0.15) is 33.4 Å². The van der Waals surface area contributed by atoms with Gasteiger partial charge in [0.1, 0.15) is 11.5 Å². The summed E-state index contributed by atoms with van der Waals surface area (Å²) in [6.45, 7) is 1.93. The predicted molar refractivity (Wildman–Crippen MR) is 120 cm³/mol. The van der Waals surface area contributed by atoms with Crippen LogP contribution in [0.3, 0.4) is 0 Å². The van der Waals surface area contributed by atoms with Gasteiger partial charge in [0.05, 0.1) is 29.4 Å². The lowest BCUT2D eigenvalue weighted by molar-refractivity contribution is -0.137. The van der Waals surface area contributed by atoms with E-state index in [1.54, 1.807) is 47.9 Å². The molecule has 0 saturated carbocycles. The molecule has 36 heavy (non-hydrogen) atoms. The molecule has 3 heterocycles. The van der Waals surface area contributed by atoms with Gasteiger partial charge in [0.25, 0.3) is 5.91 Å². The van der Waals surface area contributed by atoms with E-state index in [1.165, 1.54) is 12.3 Å². The summed E-state index contributed by atoms with van der Waals surface area (Å²) >= 11 is 0. The number of nitrogens with one attached hydrogen (secondary N) is 1. The lowest BCUT2D eigenvalue weighted by Crippen LogP contribution is -2.16. The van der Waals surface area contributed by atoms with Crippen LogP contribution in [-0.2, 0) is 19.3 Å². The number of alkyl halides is 3. The van der Waals surface area contributed by atoms with E-state index in [-0.39, 0.29) is 24.6 Å². The minimum atomic E-state index is -4.52. The Bertz CT molecular complexity index is 1510. The van der Waals surface area contributed by atoms with Gasteiger partial charge in [-0.3, -0.25) is 10.1 Å². The van der Waals surface area contributed by atoms with Gasteiger partial charge in [0.15, 0.2) is 6.61 Å². The number of imidazole rings is 1. The molecule has 184 valence electrons. The molecule has 5 rings (SSSR count). The number of nitrogens with zero attached hydrogens (tertiary/aromatic N) is 4. The van der Waals surface area contributed by atoms with Crippen molar-refractivity contribution in [3.8, 4) is 5.75 Å². The highest BCUT2D eigenvalue weighted by molar-refractivity contribution is 6.04. The highest BCUT2D eigenvalue weighted by atomic mass is 19.4. The maximum atomic E-state index is 13.2. The van der Waals surface area contributed by atoms with Crippen molar-refractivity contribution in [3.63, 3.8) is 0 Å². The number of fused-ring (bicyclic) bond motifs is 1. The monoisotopic (exact) mass is 497 g/mol. The third-order valence-corrected chi connectivity index (χ3v) is 5.25. The SMILES string of the molecule is Cc1nc(COc2ccc(C(=O)Nc3nc4cc(C(F)(F)F)ccc4n3Cc3ccco3)cc2)no1. The van der Waals surface area contributed by atoms with Crippen molar-refractivity contribution < 1.29 is 31.6 Å². The summed E-state index contributed by atoms with van der Waals surface area (Å²) in [5.74, 6) is 1.43. The van der Waals surface area contributed by atoms with E-state index in [0.29, 0.717) is 34.3 Å². The van der Waals surface area contributed by atoms with E-state index in [2.05, 4.69) is 20.4 Å². The van der Waals surface area contributed by atoms with Crippen LogP contribution >= 0.6 is 0 Å². The maximum absolute atomic E-state index is 13.2. The number of aromatic nitrogens is 4. The second-order valence-corrected chi connectivity index (χ2v) is 7.80. The van der Waals surface area contributed by atoms with Gasteiger partial charge < -0.3 is 18.2 Å². The summed E-state index contributed by atoms with van der Waals surface area (Å²) in [6, 6.07) is 13.0. The van der Waals surface area contributed by atoms with Crippen LogP contribution in [-0.4, -0.2) is 25.6 Å². The van der Waals surface area contributed by atoms with Gasteiger partial charge in [-0.2, -0.15) is 18.2 Å². The van der Waals surface area contributed by atoms with Gasteiger partial charge >= 0.3 is 6.18 Å². The number of amides is 1. The van der Waals surface area contributed by atoms with Crippen LogP contribution in [0, 0.1) is 6.92 Å². The van der Waals surface area contributed by atoms with Gasteiger partial charge in [-0.05, 0) is 54.6 Å². The first-order chi connectivity index (χ1) is 17.3. The molecule has 0 saturated heterocycles. The molecule has 0 aliphatic carbocycles. The normalized spacial score (nSPS) is 11.7. The Kier molecular flexibility index (Phi) is 5.92. The smallest absolute Gasteiger partial charge is 0.416 e. The number of halogens is 3. The molecule has 0 spiro atoms. The molecule has 0 atom stereocenters. The lowest BCUT2D eigenvalue weighted by atomic mass is 10.2. The van der Waals surface area contributed by atoms with E-state index in [9.17, 15) is 18.0 Å². The van der Waals surface area contributed by atoms with Crippen molar-refractivity contribution in [1.29, 1.82) is 0 Å². The minimum absolute atomic E-state index is 0.0820. The van der Waals surface area contributed by atoms with Crippen molar-refractivity contribution in [2.45, 2.75) is 26.3 Å². The molecular weight excluding hydrogens is 479 g/mol. The fraction of sp³-hybridized carbons (Fsp3) is 0.167. The van der Waals surface area contributed by atoms with Crippen molar-refractivity contribution in [3.05, 3.63) is 89.5 Å². The van der Waals surface area contributed by atoms with Crippen LogP contribution in [0.5, 0.6) is 5.75 Å². The summed E-state index contributed by atoms with van der Waals surface area (Å²) in [7, 11) is 0. The Morgan fingerprint density at radius 3 is 2.58 bits per heavy atom. The van der Waals surface area contributed by atoms with E-state index < -0.39 is 17.6 Å². The van der Waals surface area contributed by atoms with Crippen LogP contribution in [0.4, 0.5) is 19.1 Å². The molecule has 0 aliphatic rings. The molecule has 0 radical (unpaired) electrons. The van der Waals surface area contributed by atoms with E-state index in [0.717, 1.165) is 12.1 Å². The summed E-state index contributed by atoms with van der Waals surface area (Å²) in [5.41, 5.74) is -0.0327. The molecule has 0 unspecified atom stereocenters. The van der Waals surface area contributed by atoms with Crippen molar-refractivity contribution in [2.24, 2.45) is 0 Å². The zero-order valence-corrected chi connectivity index (χ0v) is 18.7. The molecule has 5 aromatic rings. The van der Waals surface area contributed by atoms with E-state index >= 15 is 0 Å². The number of aryl methyl sites for hydroxylation is 1. The van der Waals surface area contributed by atoms with Gasteiger partial charge in [0.2, 0.25) is 17.7 Å². The lowest BCUT2D eigenvalue weighted by Gasteiger charge is -2.10. The zero-order chi connectivity index (χ0) is 25.3.